The van der Waals surface area contributed by atoms with Crippen LogP contribution >= 0.6 is 0 Å². The normalized spacial score (nSPS) is 36.0. The van der Waals surface area contributed by atoms with Crippen molar-refractivity contribution in [2.45, 2.75) is 32.5 Å². The summed E-state index contributed by atoms with van der Waals surface area (Å²) >= 11 is 0. The minimum absolute atomic E-state index is 0.279. The molecule has 0 aromatic rings. The van der Waals surface area contributed by atoms with Crippen molar-refractivity contribution in [2.75, 3.05) is 14.2 Å². The van der Waals surface area contributed by atoms with Gasteiger partial charge in [-0.15, -0.1) is 0 Å². The van der Waals surface area contributed by atoms with E-state index in [4.69, 9.17) is 9.47 Å². The topological polar surface area (TPSA) is 18.5 Å². The molecule has 1 aliphatic rings. The molecule has 1 aliphatic carbocycles. The van der Waals surface area contributed by atoms with Gasteiger partial charge in [-0.25, -0.2) is 0 Å². The van der Waals surface area contributed by atoms with Crippen LogP contribution in [0.15, 0.2) is 0 Å². The van der Waals surface area contributed by atoms with Crippen molar-refractivity contribution < 1.29 is 9.47 Å². The molecule has 66 valence electrons. The third-order valence-corrected chi connectivity index (χ3v) is 2.98. The van der Waals surface area contributed by atoms with Crippen molar-refractivity contribution in [1.82, 2.24) is 0 Å². The average molecular weight is 158 g/mol. The van der Waals surface area contributed by atoms with Gasteiger partial charge in [0.2, 0.25) is 0 Å². The third-order valence-electron chi connectivity index (χ3n) is 2.98. The second kappa shape index (κ2) is 3.11. The highest BCUT2D eigenvalue weighted by molar-refractivity contribution is 4.85. The van der Waals surface area contributed by atoms with E-state index in [1.165, 1.54) is 0 Å². The molecule has 0 aliphatic heterocycles. The van der Waals surface area contributed by atoms with Crippen LogP contribution in [0.2, 0.25) is 0 Å². The Balaban J connectivity index is 2.61. The molecule has 0 amide bonds. The van der Waals surface area contributed by atoms with Crippen LogP contribution in [0.1, 0.15) is 26.7 Å². The van der Waals surface area contributed by atoms with Crippen molar-refractivity contribution in [1.29, 1.82) is 0 Å². The van der Waals surface area contributed by atoms with Crippen molar-refractivity contribution in [3.05, 3.63) is 0 Å². The highest BCUT2D eigenvalue weighted by Crippen LogP contribution is 2.41. The summed E-state index contributed by atoms with van der Waals surface area (Å²) < 4.78 is 10.7. The highest BCUT2D eigenvalue weighted by Gasteiger charge is 2.41. The van der Waals surface area contributed by atoms with Crippen molar-refractivity contribution >= 4 is 0 Å². The van der Waals surface area contributed by atoms with Gasteiger partial charge >= 0.3 is 0 Å². The van der Waals surface area contributed by atoms with Crippen LogP contribution < -0.4 is 0 Å². The molecule has 2 unspecified atom stereocenters. The first-order valence-electron chi connectivity index (χ1n) is 4.24. The SMILES string of the molecule is COC1(OC)CC(C)C(C)C1. The zero-order valence-electron chi connectivity index (χ0n) is 7.89. The predicted molar refractivity (Wildman–Crippen MR) is 44.3 cm³/mol. The van der Waals surface area contributed by atoms with E-state index in [2.05, 4.69) is 13.8 Å². The van der Waals surface area contributed by atoms with Gasteiger partial charge < -0.3 is 9.47 Å². The van der Waals surface area contributed by atoms with Gasteiger partial charge in [0.25, 0.3) is 0 Å². The molecule has 0 spiro atoms. The van der Waals surface area contributed by atoms with Gasteiger partial charge in [-0.3, -0.25) is 0 Å². The molecule has 2 atom stereocenters. The lowest BCUT2D eigenvalue weighted by Crippen LogP contribution is -2.30. The Morgan fingerprint density at radius 3 is 1.55 bits per heavy atom. The van der Waals surface area contributed by atoms with Gasteiger partial charge in [0.15, 0.2) is 5.79 Å². The molecule has 0 saturated heterocycles. The fraction of sp³-hybridized carbons (Fsp3) is 1.00. The number of rotatable bonds is 2. The predicted octanol–water partition coefficient (Wildman–Crippen LogP) is 2.04. The summed E-state index contributed by atoms with van der Waals surface area (Å²) in [4.78, 5) is 0. The summed E-state index contributed by atoms with van der Waals surface area (Å²) in [5.74, 6) is 1.16. The molecular weight excluding hydrogens is 140 g/mol. The van der Waals surface area contributed by atoms with Crippen LogP contribution in [0.5, 0.6) is 0 Å². The molecule has 2 heteroatoms. The second-order valence-corrected chi connectivity index (χ2v) is 3.68. The van der Waals surface area contributed by atoms with Crippen LogP contribution in [0.3, 0.4) is 0 Å². The Hall–Kier alpha value is -0.0800. The van der Waals surface area contributed by atoms with Gasteiger partial charge in [0.1, 0.15) is 0 Å². The van der Waals surface area contributed by atoms with E-state index in [1.54, 1.807) is 14.2 Å². The summed E-state index contributed by atoms with van der Waals surface area (Å²) in [6.07, 6.45) is 2.06. The van der Waals surface area contributed by atoms with E-state index in [0.717, 1.165) is 24.7 Å². The quantitative estimate of drug-likeness (QED) is 0.572. The van der Waals surface area contributed by atoms with Gasteiger partial charge in [-0.1, -0.05) is 13.8 Å². The molecule has 11 heavy (non-hydrogen) atoms. The lowest BCUT2D eigenvalue weighted by Gasteiger charge is -2.25. The Morgan fingerprint density at radius 2 is 1.36 bits per heavy atom. The Labute approximate surface area is 68.9 Å². The average Bonchev–Trinajstić information content (AvgIpc) is 2.29. The van der Waals surface area contributed by atoms with Crippen molar-refractivity contribution in [3.8, 4) is 0 Å². The summed E-state index contributed by atoms with van der Waals surface area (Å²) in [5.41, 5.74) is 0. The van der Waals surface area contributed by atoms with Crippen molar-refractivity contribution in [3.63, 3.8) is 0 Å². The molecule has 0 bridgehead atoms. The Bertz CT molecular complexity index is 118. The van der Waals surface area contributed by atoms with E-state index < -0.39 is 0 Å². The first-order chi connectivity index (χ1) is 5.13. The van der Waals surface area contributed by atoms with Crippen LogP contribution in [0.25, 0.3) is 0 Å². The Morgan fingerprint density at radius 1 is 1.00 bits per heavy atom. The number of methoxy groups -OCH3 is 2. The van der Waals surface area contributed by atoms with E-state index in [1.807, 2.05) is 0 Å². The van der Waals surface area contributed by atoms with Gasteiger partial charge in [0, 0.05) is 27.1 Å². The Kier molecular flexibility index (Phi) is 2.55. The molecule has 0 heterocycles. The molecule has 1 fully saturated rings. The van der Waals surface area contributed by atoms with Crippen LogP contribution in [0.4, 0.5) is 0 Å². The smallest absolute Gasteiger partial charge is 0.168 e. The maximum atomic E-state index is 5.37. The summed E-state index contributed by atoms with van der Waals surface area (Å²) in [5, 5.41) is 0. The van der Waals surface area contributed by atoms with Crippen LogP contribution in [-0.4, -0.2) is 20.0 Å². The third kappa shape index (κ3) is 1.57. The maximum Gasteiger partial charge on any atom is 0.168 e. The van der Waals surface area contributed by atoms with Gasteiger partial charge in [-0.2, -0.15) is 0 Å². The zero-order chi connectivity index (χ0) is 8.48. The largest absolute Gasteiger partial charge is 0.353 e. The molecule has 2 nitrogen and oxygen atoms in total. The molecule has 0 aromatic heterocycles. The minimum Gasteiger partial charge on any atom is -0.353 e. The maximum absolute atomic E-state index is 5.37. The molecular formula is C9H18O2. The fourth-order valence-electron chi connectivity index (χ4n) is 1.88. The lowest BCUT2D eigenvalue weighted by atomic mass is 10.0. The second-order valence-electron chi connectivity index (χ2n) is 3.68. The van der Waals surface area contributed by atoms with E-state index >= 15 is 0 Å². The first kappa shape index (κ1) is 9.01. The monoisotopic (exact) mass is 158 g/mol. The molecule has 0 N–H and O–H groups in total. The first-order valence-corrected chi connectivity index (χ1v) is 4.24. The molecule has 1 rings (SSSR count). The molecule has 0 aromatic carbocycles. The van der Waals surface area contributed by atoms with E-state index in [0.29, 0.717) is 0 Å². The number of hydrogen-bond donors (Lipinski definition) is 0. The van der Waals surface area contributed by atoms with Gasteiger partial charge in [0.05, 0.1) is 0 Å². The lowest BCUT2D eigenvalue weighted by molar-refractivity contribution is -0.203. The van der Waals surface area contributed by atoms with Crippen molar-refractivity contribution in [2.24, 2.45) is 11.8 Å². The van der Waals surface area contributed by atoms with Gasteiger partial charge in [-0.05, 0) is 11.8 Å². The highest BCUT2D eigenvalue weighted by atomic mass is 16.7. The van der Waals surface area contributed by atoms with E-state index in [-0.39, 0.29) is 5.79 Å². The standard InChI is InChI=1S/C9H18O2/c1-7-5-9(10-3,11-4)6-8(7)2/h7-8H,5-6H2,1-4H3. The summed E-state index contributed by atoms with van der Waals surface area (Å²) in [7, 11) is 3.46. The number of hydrogen-bond acceptors (Lipinski definition) is 2. The summed E-state index contributed by atoms with van der Waals surface area (Å²) in [6.45, 7) is 4.51. The van der Waals surface area contributed by atoms with Crippen LogP contribution in [-0.2, 0) is 9.47 Å². The van der Waals surface area contributed by atoms with Crippen LogP contribution in [0, 0.1) is 11.8 Å². The minimum atomic E-state index is -0.279. The molecule has 0 radical (unpaired) electrons. The number of ether oxygens (including phenoxy) is 2. The fourth-order valence-corrected chi connectivity index (χ4v) is 1.88. The molecule has 1 saturated carbocycles. The summed E-state index contributed by atoms with van der Waals surface area (Å²) in [6, 6.07) is 0. The zero-order valence-corrected chi connectivity index (χ0v) is 7.89. The van der Waals surface area contributed by atoms with E-state index in [9.17, 15) is 0 Å².